The average Bonchev–Trinajstić information content (AvgIpc) is 2.96. The van der Waals surface area contributed by atoms with Gasteiger partial charge < -0.3 is 4.74 Å². The van der Waals surface area contributed by atoms with E-state index in [1.807, 2.05) is 0 Å². The molecule has 0 spiro atoms. The highest BCUT2D eigenvalue weighted by Crippen LogP contribution is 2.38. The lowest BCUT2D eigenvalue weighted by atomic mass is 9.80. The number of nitro benzene ring substituents is 1. The lowest BCUT2D eigenvalue weighted by Gasteiger charge is -2.31. The van der Waals surface area contributed by atoms with E-state index in [0.717, 1.165) is 12.8 Å². The normalized spacial score (nSPS) is 28.3. The van der Waals surface area contributed by atoms with Crippen LogP contribution in [-0.2, 0) is 19.0 Å². The number of nitro groups is 1. The van der Waals surface area contributed by atoms with Gasteiger partial charge in [0.25, 0.3) is 15.8 Å². The molecule has 7 nitrogen and oxygen atoms in total. The van der Waals surface area contributed by atoms with Crippen LogP contribution in [0.2, 0.25) is 0 Å². The van der Waals surface area contributed by atoms with Crippen LogP contribution in [0.25, 0.3) is 0 Å². The molecule has 0 bridgehead atoms. The quantitative estimate of drug-likeness (QED) is 0.477. The fraction of sp³-hybridized carbons (Fsp3) is 0.571. The minimum Gasteiger partial charge on any atom is -0.381 e. The third kappa shape index (κ3) is 2.99. The Balaban J connectivity index is 1.76. The molecule has 2 aliphatic rings. The van der Waals surface area contributed by atoms with Gasteiger partial charge in [-0.2, -0.15) is 8.42 Å². The van der Waals surface area contributed by atoms with Gasteiger partial charge in [-0.25, -0.2) is 0 Å². The molecule has 22 heavy (non-hydrogen) atoms. The van der Waals surface area contributed by atoms with Gasteiger partial charge in [-0.05, 0) is 30.9 Å². The van der Waals surface area contributed by atoms with Crippen molar-refractivity contribution in [2.45, 2.75) is 30.3 Å². The first-order chi connectivity index (χ1) is 10.5. The summed E-state index contributed by atoms with van der Waals surface area (Å²) in [4.78, 5) is 9.99. The van der Waals surface area contributed by atoms with E-state index in [2.05, 4.69) is 0 Å². The number of nitrogens with zero attached hydrogens (tertiary/aromatic N) is 1. The molecule has 0 radical (unpaired) electrons. The Bertz CT molecular complexity index is 656. The zero-order valence-corrected chi connectivity index (χ0v) is 12.7. The molecule has 120 valence electrons. The molecule has 3 atom stereocenters. The SMILES string of the molecule is O=[N+]([O-])c1ccc(S(=O)(=O)O[C@@H]2CCC[C@@H]3COC[C@@H]32)cc1. The van der Waals surface area contributed by atoms with Crippen molar-refractivity contribution >= 4 is 15.8 Å². The monoisotopic (exact) mass is 327 g/mol. The van der Waals surface area contributed by atoms with Crippen molar-refractivity contribution in [3.63, 3.8) is 0 Å². The van der Waals surface area contributed by atoms with E-state index in [-0.39, 0.29) is 22.6 Å². The molecule has 2 fully saturated rings. The van der Waals surface area contributed by atoms with Crippen LogP contribution in [0, 0.1) is 22.0 Å². The number of ether oxygens (including phenoxy) is 1. The molecule has 8 heteroatoms. The molecule has 3 rings (SSSR count). The number of hydrogen-bond donors (Lipinski definition) is 0. The van der Waals surface area contributed by atoms with Crippen LogP contribution >= 0.6 is 0 Å². The molecule has 0 amide bonds. The molecule has 1 aliphatic heterocycles. The molecule has 0 aromatic heterocycles. The van der Waals surface area contributed by atoms with Crippen LogP contribution in [0.3, 0.4) is 0 Å². The van der Waals surface area contributed by atoms with Crippen LogP contribution in [0.4, 0.5) is 5.69 Å². The number of rotatable bonds is 4. The Morgan fingerprint density at radius 3 is 2.59 bits per heavy atom. The maximum absolute atomic E-state index is 12.3. The maximum Gasteiger partial charge on any atom is 0.297 e. The standard InChI is InChI=1S/C14H17NO6S/c16-15(17)11-4-6-12(7-5-11)22(18,19)21-14-3-1-2-10-8-20-9-13(10)14/h4-7,10,13-14H,1-3,8-9H2/t10-,13+,14-/m1/s1. The second-order valence-electron chi connectivity index (χ2n) is 5.73. The second-order valence-corrected chi connectivity index (χ2v) is 7.30. The fourth-order valence-corrected chi connectivity index (χ4v) is 4.34. The zero-order chi connectivity index (χ0) is 15.7. The van der Waals surface area contributed by atoms with Crippen LogP contribution in [0.5, 0.6) is 0 Å². The van der Waals surface area contributed by atoms with Crippen molar-refractivity contribution in [3.8, 4) is 0 Å². The minimum absolute atomic E-state index is 0.0564. The lowest BCUT2D eigenvalue weighted by molar-refractivity contribution is -0.384. The van der Waals surface area contributed by atoms with Crippen LogP contribution in [0.15, 0.2) is 29.2 Å². The van der Waals surface area contributed by atoms with Crippen molar-refractivity contribution in [2.75, 3.05) is 13.2 Å². The molecule has 1 heterocycles. The van der Waals surface area contributed by atoms with Crippen molar-refractivity contribution < 1.29 is 22.3 Å². The first-order valence-corrected chi connectivity index (χ1v) is 8.64. The van der Waals surface area contributed by atoms with Gasteiger partial charge in [-0.1, -0.05) is 6.42 Å². The number of hydrogen-bond acceptors (Lipinski definition) is 6. The summed E-state index contributed by atoms with van der Waals surface area (Å²) in [5.74, 6) is 0.479. The molecule has 0 unspecified atom stereocenters. The molecule has 1 aromatic rings. The van der Waals surface area contributed by atoms with Crippen LogP contribution in [-0.4, -0.2) is 32.7 Å². The van der Waals surface area contributed by atoms with Crippen molar-refractivity contribution in [1.82, 2.24) is 0 Å². The predicted molar refractivity (Wildman–Crippen MR) is 76.8 cm³/mol. The summed E-state index contributed by atoms with van der Waals surface area (Å²) in [5, 5.41) is 10.6. The smallest absolute Gasteiger partial charge is 0.297 e. The van der Waals surface area contributed by atoms with Gasteiger partial charge in [-0.3, -0.25) is 14.3 Å². The van der Waals surface area contributed by atoms with E-state index in [1.54, 1.807) is 0 Å². The van der Waals surface area contributed by atoms with Gasteiger partial charge >= 0.3 is 0 Å². The van der Waals surface area contributed by atoms with Gasteiger partial charge in [0.2, 0.25) is 0 Å². The van der Waals surface area contributed by atoms with Crippen LogP contribution < -0.4 is 0 Å². The summed E-state index contributed by atoms with van der Waals surface area (Å²) in [6, 6.07) is 4.75. The lowest BCUT2D eigenvalue weighted by Crippen LogP contribution is -2.35. The topological polar surface area (TPSA) is 95.7 Å². The molecular weight excluding hydrogens is 310 g/mol. The highest BCUT2D eigenvalue weighted by atomic mass is 32.2. The predicted octanol–water partition coefficient (Wildman–Crippen LogP) is 2.12. The number of fused-ring (bicyclic) bond motifs is 1. The summed E-state index contributed by atoms with van der Waals surface area (Å²) >= 11 is 0. The number of benzene rings is 1. The summed E-state index contributed by atoms with van der Waals surface area (Å²) < 4.78 is 35.5. The van der Waals surface area contributed by atoms with Gasteiger partial charge in [-0.15, -0.1) is 0 Å². The Morgan fingerprint density at radius 1 is 1.18 bits per heavy atom. The highest BCUT2D eigenvalue weighted by Gasteiger charge is 2.40. The molecule has 1 saturated carbocycles. The Hall–Kier alpha value is -1.51. The second kappa shape index (κ2) is 5.94. The molecule has 0 N–H and O–H groups in total. The van der Waals surface area contributed by atoms with Gasteiger partial charge in [0.15, 0.2) is 0 Å². The third-order valence-corrected chi connectivity index (χ3v) is 5.73. The molecule has 1 aliphatic carbocycles. The van der Waals surface area contributed by atoms with E-state index in [0.29, 0.717) is 25.6 Å². The van der Waals surface area contributed by atoms with Crippen LogP contribution in [0.1, 0.15) is 19.3 Å². The first kappa shape index (κ1) is 15.4. The zero-order valence-electron chi connectivity index (χ0n) is 11.9. The Labute approximate surface area is 128 Å². The highest BCUT2D eigenvalue weighted by molar-refractivity contribution is 7.86. The number of non-ortho nitro benzene ring substituents is 1. The van der Waals surface area contributed by atoms with E-state index in [4.69, 9.17) is 8.92 Å². The van der Waals surface area contributed by atoms with Crippen molar-refractivity contribution in [3.05, 3.63) is 34.4 Å². The Kier molecular flexibility index (Phi) is 4.16. The molecule has 1 saturated heterocycles. The third-order valence-electron chi connectivity index (χ3n) is 4.38. The van der Waals surface area contributed by atoms with E-state index >= 15 is 0 Å². The fourth-order valence-electron chi connectivity index (χ4n) is 3.19. The van der Waals surface area contributed by atoms with Gasteiger partial charge in [0, 0.05) is 24.7 Å². The van der Waals surface area contributed by atoms with E-state index in [1.165, 1.54) is 24.3 Å². The van der Waals surface area contributed by atoms with Gasteiger partial charge in [0.05, 0.1) is 22.5 Å². The van der Waals surface area contributed by atoms with E-state index < -0.39 is 15.0 Å². The molecular formula is C14H17NO6S. The van der Waals surface area contributed by atoms with Crippen molar-refractivity contribution in [1.29, 1.82) is 0 Å². The maximum atomic E-state index is 12.3. The summed E-state index contributed by atoms with van der Waals surface area (Å²) in [6.45, 7) is 1.20. The summed E-state index contributed by atoms with van der Waals surface area (Å²) in [7, 11) is -3.92. The molecule has 1 aromatic carbocycles. The minimum atomic E-state index is -3.92. The summed E-state index contributed by atoms with van der Waals surface area (Å²) in [6.07, 6.45) is 2.28. The van der Waals surface area contributed by atoms with E-state index in [9.17, 15) is 18.5 Å². The first-order valence-electron chi connectivity index (χ1n) is 7.23. The Morgan fingerprint density at radius 2 is 1.91 bits per heavy atom. The van der Waals surface area contributed by atoms with Crippen molar-refractivity contribution in [2.24, 2.45) is 11.8 Å². The largest absolute Gasteiger partial charge is 0.381 e. The summed E-state index contributed by atoms with van der Waals surface area (Å²) in [5.41, 5.74) is -0.152. The van der Waals surface area contributed by atoms with Gasteiger partial charge in [0.1, 0.15) is 0 Å². The average molecular weight is 327 g/mol.